The first-order valence-electron chi connectivity index (χ1n) is 7.35. The molecule has 0 unspecified atom stereocenters. The topological polar surface area (TPSA) is 87.0 Å². The van der Waals surface area contributed by atoms with Crippen LogP contribution in [0.15, 0.2) is 40.8 Å². The highest BCUT2D eigenvalue weighted by Gasteiger charge is 2.13. The molecule has 8 heteroatoms. The largest absolute Gasteiger partial charge is 0.454 e. The Morgan fingerprint density at radius 3 is 2.84 bits per heavy atom. The van der Waals surface area contributed by atoms with Crippen molar-refractivity contribution in [2.24, 2.45) is 0 Å². The van der Waals surface area contributed by atoms with E-state index in [0.717, 1.165) is 5.56 Å². The van der Waals surface area contributed by atoms with Crippen molar-refractivity contribution in [2.45, 2.75) is 6.54 Å². The first-order valence-corrected chi connectivity index (χ1v) is 8.43. The van der Waals surface area contributed by atoms with Gasteiger partial charge in [0.15, 0.2) is 21.9 Å². The van der Waals surface area contributed by atoms with Crippen LogP contribution in [0.4, 0.5) is 0 Å². The average Bonchev–Trinajstić information content (AvgIpc) is 3.24. The van der Waals surface area contributed by atoms with Gasteiger partial charge >= 0.3 is 5.97 Å². The lowest BCUT2D eigenvalue weighted by Gasteiger charge is -2.06. The summed E-state index contributed by atoms with van der Waals surface area (Å²) < 4.78 is 21.3. The van der Waals surface area contributed by atoms with Crippen LogP contribution in [-0.2, 0) is 20.9 Å². The number of amides is 1. The normalized spacial score (nSPS) is 12.4. The third-order valence-electron chi connectivity index (χ3n) is 3.25. The Balaban J connectivity index is 1.40. The number of esters is 1. The van der Waals surface area contributed by atoms with Crippen LogP contribution in [0.25, 0.3) is 6.08 Å². The van der Waals surface area contributed by atoms with Crippen molar-refractivity contribution in [2.75, 3.05) is 13.4 Å². The monoisotopic (exact) mass is 455 g/mol. The van der Waals surface area contributed by atoms with Gasteiger partial charge in [-0.2, -0.15) is 0 Å². The van der Waals surface area contributed by atoms with Crippen LogP contribution in [0.2, 0.25) is 0 Å². The van der Waals surface area contributed by atoms with Gasteiger partial charge in [0.1, 0.15) is 5.76 Å². The van der Waals surface area contributed by atoms with E-state index >= 15 is 0 Å². The van der Waals surface area contributed by atoms with E-state index in [9.17, 15) is 9.59 Å². The predicted molar refractivity (Wildman–Crippen MR) is 95.8 cm³/mol. The number of hydrogen-bond donors (Lipinski definition) is 1. The molecule has 0 fully saturated rings. The van der Waals surface area contributed by atoms with Crippen molar-refractivity contribution in [1.29, 1.82) is 0 Å². The Morgan fingerprint density at radius 2 is 2.04 bits per heavy atom. The standard InChI is InChI=1S/C17H14INO6/c18-15-5-2-12(25-15)3-6-17(21)22-9-16(20)19-8-11-1-4-13-14(7-11)24-10-23-13/h1-7H,8-10H2,(H,19,20). The number of ether oxygens (including phenoxy) is 3. The summed E-state index contributed by atoms with van der Waals surface area (Å²) in [6, 6.07) is 8.90. The van der Waals surface area contributed by atoms with Crippen LogP contribution in [-0.4, -0.2) is 25.3 Å². The molecule has 1 aliphatic rings. The number of fused-ring (bicyclic) bond motifs is 1. The Hall–Kier alpha value is -2.49. The zero-order valence-electron chi connectivity index (χ0n) is 13.0. The summed E-state index contributed by atoms with van der Waals surface area (Å²) in [5.74, 6) is 0.850. The Bertz CT molecular complexity index is 813. The van der Waals surface area contributed by atoms with Gasteiger partial charge in [-0.15, -0.1) is 0 Å². The summed E-state index contributed by atoms with van der Waals surface area (Å²) in [5.41, 5.74) is 0.858. The highest BCUT2D eigenvalue weighted by atomic mass is 127. The van der Waals surface area contributed by atoms with Crippen molar-refractivity contribution in [3.8, 4) is 11.5 Å². The van der Waals surface area contributed by atoms with Gasteiger partial charge in [0.05, 0.1) is 0 Å². The average molecular weight is 455 g/mol. The second-order valence-electron chi connectivity index (χ2n) is 5.05. The molecule has 2 heterocycles. The summed E-state index contributed by atoms with van der Waals surface area (Å²) in [6.45, 7) is 0.142. The van der Waals surface area contributed by atoms with Gasteiger partial charge in [0.25, 0.3) is 5.91 Å². The van der Waals surface area contributed by atoms with E-state index in [1.165, 1.54) is 12.2 Å². The molecule has 2 aromatic rings. The summed E-state index contributed by atoms with van der Waals surface area (Å²) in [7, 11) is 0. The molecule has 0 radical (unpaired) electrons. The number of benzene rings is 1. The molecule has 0 atom stereocenters. The summed E-state index contributed by atoms with van der Waals surface area (Å²) in [6.07, 6.45) is 2.69. The summed E-state index contributed by atoms with van der Waals surface area (Å²) in [5, 5.41) is 2.67. The van der Waals surface area contributed by atoms with Gasteiger partial charge in [0.2, 0.25) is 6.79 Å². The van der Waals surface area contributed by atoms with Gasteiger partial charge in [-0.25, -0.2) is 4.79 Å². The lowest BCUT2D eigenvalue weighted by atomic mass is 10.2. The van der Waals surface area contributed by atoms with E-state index in [2.05, 4.69) is 5.32 Å². The maximum absolute atomic E-state index is 11.7. The summed E-state index contributed by atoms with van der Waals surface area (Å²) >= 11 is 2.02. The zero-order valence-corrected chi connectivity index (χ0v) is 15.1. The van der Waals surface area contributed by atoms with Crippen molar-refractivity contribution in [3.05, 3.63) is 51.5 Å². The van der Waals surface area contributed by atoms with Crippen molar-refractivity contribution >= 4 is 40.5 Å². The highest BCUT2D eigenvalue weighted by Crippen LogP contribution is 2.32. The molecule has 25 heavy (non-hydrogen) atoms. The number of nitrogens with one attached hydrogen (secondary N) is 1. The lowest BCUT2D eigenvalue weighted by molar-refractivity contribution is -0.143. The molecular weight excluding hydrogens is 441 g/mol. The van der Waals surface area contributed by atoms with Crippen molar-refractivity contribution in [1.82, 2.24) is 5.32 Å². The van der Waals surface area contributed by atoms with Gasteiger partial charge < -0.3 is 23.9 Å². The fourth-order valence-corrected chi connectivity index (χ4v) is 2.49. The van der Waals surface area contributed by atoms with Crippen LogP contribution in [0.5, 0.6) is 11.5 Å². The molecule has 0 saturated heterocycles. The van der Waals surface area contributed by atoms with Crippen LogP contribution in [0, 0.1) is 3.77 Å². The molecule has 1 N–H and O–H groups in total. The second kappa shape index (κ2) is 8.06. The van der Waals surface area contributed by atoms with E-state index in [1.807, 2.05) is 28.7 Å². The van der Waals surface area contributed by atoms with Crippen LogP contribution in [0.1, 0.15) is 11.3 Å². The van der Waals surface area contributed by atoms with E-state index < -0.39 is 11.9 Å². The van der Waals surface area contributed by atoms with Crippen LogP contribution < -0.4 is 14.8 Å². The molecule has 0 aliphatic carbocycles. The number of halogens is 1. The van der Waals surface area contributed by atoms with Crippen LogP contribution >= 0.6 is 22.6 Å². The summed E-state index contributed by atoms with van der Waals surface area (Å²) in [4.78, 5) is 23.3. The third kappa shape index (κ3) is 4.99. The molecule has 0 saturated carbocycles. The smallest absolute Gasteiger partial charge is 0.331 e. The molecule has 0 spiro atoms. The Kier molecular flexibility index (Phi) is 5.59. The quantitative estimate of drug-likeness (QED) is 0.409. The van der Waals surface area contributed by atoms with E-state index in [4.69, 9.17) is 18.6 Å². The first kappa shape index (κ1) is 17.3. The number of hydrogen-bond acceptors (Lipinski definition) is 6. The van der Waals surface area contributed by atoms with Crippen molar-refractivity contribution < 1.29 is 28.2 Å². The third-order valence-corrected chi connectivity index (χ3v) is 3.83. The maximum Gasteiger partial charge on any atom is 0.331 e. The SMILES string of the molecule is O=C(COC(=O)C=Cc1ccc(I)o1)NCc1ccc2c(c1)OCO2. The molecule has 1 aromatic carbocycles. The van der Waals surface area contributed by atoms with Gasteiger partial charge in [0, 0.05) is 12.6 Å². The molecule has 1 aliphatic heterocycles. The second-order valence-corrected chi connectivity index (χ2v) is 6.11. The van der Waals surface area contributed by atoms with Gasteiger partial charge in [-0.05, 0) is 58.5 Å². The minimum absolute atomic E-state index is 0.200. The number of furan rings is 1. The maximum atomic E-state index is 11.7. The van der Waals surface area contributed by atoms with Gasteiger partial charge in [-0.3, -0.25) is 4.79 Å². The Morgan fingerprint density at radius 1 is 1.20 bits per heavy atom. The molecule has 1 amide bonds. The fraction of sp³-hybridized carbons (Fsp3) is 0.176. The molecule has 0 bridgehead atoms. The molecule has 130 valence electrons. The highest BCUT2D eigenvalue weighted by molar-refractivity contribution is 14.1. The predicted octanol–water partition coefficient (Wildman–Crippen LogP) is 2.49. The van der Waals surface area contributed by atoms with E-state index in [0.29, 0.717) is 27.6 Å². The van der Waals surface area contributed by atoms with Crippen LogP contribution in [0.3, 0.4) is 0 Å². The lowest BCUT2D eigenvalue weighted by Crippen LogP contribution is -2.28. The molecule has 7 nitrogen and oxygen atoms in total. The number of carbonyl (C=O) groups excluding carboxylic acids is 2. The minimum Gasteiger partial charge on any atom is -0.454 e. The minimum atomic E-state index is -0.621. The number of carbonyl (C=O) groups is 2. The molecular formula is C17H14INO6. The molecule has 1 aromatic heterocycles. The van der Waals surface area contributed by atoms with Crippen molar-refractivity contribution in [3.63, 3.8) is 0 Å². The number of rotatable bonds is 6. The van der Waals surface area contributed by atoms with E-state index in [1.54, 1.807) is 24.3 Å². The Labute approximate surface area is 157 Å². The van der Waals surface area contributed by atoms with E-state index in [-0.39, 0.29) is 13.4 Å². The fourth-order valence-electron chi connectivity index (χ4n) is 2.06. The molecule has 3 rings (SSSR count). The zero-order chi connectivity index (χ0) is 17.6. The van der Waals surface area contributed by atoms with Gasteiger partial charge in [-0.1, -0.05) is 6.07 Å². The first-order chi connectivity index (χ1) is 12.1.